The predicted octanol–water partition coefficient (Wildman–Crippen LogP) is 6.01. The van der Waals surface area contributed by atoms with Crippen molar-refractivity contribution in [1.82, 2.24) is 4.98 Å². The Labute approximate surface area is 188 Å². The number of benzene rings is 3. The van der Waals surface area contributed by atoms with Gasteiger partial charge in [-0.25, -0.2) is 9.88 Å². The van der Waals surface area contributed by atoms with Crippen LogP contribution in [0, 0.1) is 17.0 Å². The van der Waals surface area contributed by atoms with E-state index in [2.05, 4.69) is 4.98 Å². The van der Waals surface area contributed by atoms with Gasteiger partial charge in [-0.1, -0.05) is 30.3 Å². The SMILES string of the molecule is COc1ccccc1N(C(=O)c1ccccc1C)c1nc(-c2ccc([N+](=O)[O-])cc2)cs1. The number of nitro benzene ring substituents is 1. The molecule has 160 valence electrons. The third-order valence-electron chi connectivity index (χ3n) is 4.96. The second kappa shape index (κ2) is 8.99. The summed E-state index contributed by atoms with van der Waals surface area (Å²) in [4.78, 5) is 30.4. The zero-order valence-electron chi connectivity index (χ0n) is 17.4. The van der Waals surface area contributed by atoms with E-state index >= 15 is 0 Å². The molecule has 0 aliphatic carbocycles. The lowest BCUT2D eigenvalue weighted by Crippen LogP contribution is -2.27. The first-order valence-electron chi connectivity index (χ1n) is 9.73. The van der Waals surface area contributed by atoms with Crippen LogP contribution < -0.4 is 9.64 Å². The quantitative estimate of drug-likeness (QED) is 0.268. The zero-order chi connectivity index (χ0) is 22.7. The molecule has 0 spiro atoms. The average molecular weight is 446 g/mol. The van der Waals surface area contributed by atoms with Crippen LogP contribution in [0.15, 0.2) is 78.2 Å². The molecule has 7 nitrogen and oxygen atoms in total. The van der Waals surface area contributed by atoms with E-state index in [4.69, 9.17) is 4.74 Å². The largest absolute Gasteiger partial charge is 0.495 e. The molecule has 8 heteroatoms. The lowest BCUT2D eigenvalue weighted by Gasteiger charge is -2.23. The molecule has 0 aliphatic heterocycles. The lowest BCUT2D eigenvalue weighted by molar-refractivity contribution is -0.384. The van der Waals surface area contributed by atoms with Crippen LogP contribution in [0.3, 0.4) is 0 Å². The Morgan fingerprint density at radius 3 is 2.41 bits per heavy atom. The van der Waals surface area contributed by atoms with Crippen LogP contribution in [-0.4, -0.2) is 22.9 Å². The van der Waals surface area contributed by atoms with E-state index < -0.39 is 4.92 Å². The molecule has 0 aliphatic rings. The van der Waals surface area contributed by atoms with E-state index in [1.165, 1.54) is 23.5 Å². The number of thiazole rings is 1. The van der Waals surface area contributed by atoms with Gasteiger partial charge >= 0.3 is 0 Å². The monoisotopic (exact) mass is 445 g/mol. The van der Waals surface area contributed by atoms with Gasteiger partial charge in [0.25, 0.3) is 11.6 Å². The number of nitro groups is 1. The number of carbonyl (C=O) groups is 1. The molecule has 0 saturated heterocycles. The van der Waals surface area contributed by atoms with Crippen molar-refractivity contribution in [2.24, 2.45) is 0 Å². The first-order chi connectivity index (χ1) is 15.5. The van der Waals surface area contributed by atoms with Crippen molar-refractivity contribution in [3.63, 3.8) is 0 Å². The Hall–Kier alpha value is -4.04. The molecule has 0 radical (unpaired) electrons. The highest BCUT2D eigenvalue weighted by molar-refractivity contribution is 7.14. The minimum atomic E-state index is -0.444. The highest BCUT2D eigenvalue weighted by Gasteiger charge is 2.26. The third kappa shape index (κ3) is 4.08. The Balaban J connectivity index is 1.80. The van der Waals surface area contributed by atoms with Crippen molar-refractivity contribution in [3.05, 3.63) is 99.4 Å². The molecule has 1 amide bonds. The first kappa shape index (κ1) is 21.2. The molecule has 0 atom stereocenters. The van der Waals surface area contributed by atoms with Crippen molar-refractivity contribution in [2.75, 3.05) is 12.0 Å². The smallest absolute Gasteiger partial charge is 0.269 e. The Kier molecular flexibility index (Phi) is 5.96. The summed E-state index contributed by atoms with van der Waals surface area (Å²) in [6, 6.07) is 20.8. The summed E-state index contributed by atoms with van der Waals surface area (Å²) in [7, 11) is 1.55. The molecule has 1 heterocycles. The van der Waals surface area contributed by atoms with Crippen molar-refractivity contribution < 1.29 is 14.5 Å². The molecule has 3 aromatic carbocycles. The molecule has 32 heavy (non-hydrogen) atoms. The Morgan fingerprint density at radius 1 is 1.03 bits per heavy atom. The van der Waals surface area contributed by atoms with Gasteiger partial charge < -0.3 is 4.74 Å². The van der Waals surface area contributed by atoms with Gasteiger partial charge in [0, 0.05) is 28.6 Å². The highest BCUT2D eigenvalue weighted by Crippen LogP contribution is 2.38. The third-order valence-corrected chi connectivity index (χ3v) is 5.79. The standard InChI is InChI=1S/C24H19N3O4S/c1-16-7-3-4-8-19(16)23(28)26(21-9-5-6-10-22(21)31-2)24-25-20(15-32-24)17-11-13-18(14-12-17)27(29)30/h3-15H,1-2H3. The zero-order valence-corrected chi connectivity index (χ0v) is 18.2. The van der Waals surface area contributed by atoms with Crippen LogP contribution in [0.25, 0.3) is 11.3 Å². The number of carbonyl (C=O) groups excluding carboxylic acids is 1. The maximum atomic E-state index is 13.7. The molecule has 0 fully saturated rings. The number of aryl methyl sites for hydroxylation is 1. The fourth-order valence-corrected chi connectivity index (χ4v) is 4.14. The summed E-state index contributed by atoms with van der Waals surface area (Å²) in [5, 5.41) is 13.2. The van der Waals surface area contributed by atoms with Gasteiger partial charge in [0.1, 0.15) is 5.75 Å². The Bertz CT molecular complexity index is 1280. The van der Waals surface area contributed by atoms with Gasteiger partial charge in [0.05, 0.1) is 23.4 Å². The van der Waals surface area contributed by atoms with E-state index in [9.17, 15) is 14.9 Å². The van der Waals surface area contributed by atoms with E-state index in [-0.39, 0.29) is 11.6 Å². The van der Waals surface area contributed by atoms with E-state index in [0.717, 1.165) is 11.1 Å². The highest BCUT2D eigenvalue weighted by atomic mass is 32.1. The average Bonchev–Trinajstić information content (AvgIpc) is 3.29. The molecule has 1 aromatic heterocycles. The fraction of sp³-hybridized carbons (Fsp3) is 0.0833. The maximum Gasteiger partial charge on any atom is 0.269 e. The molecule has 4 rings (SSSR count). The molecular weight excluding hydrogens is 426 g/mol. The van der Waals surface area contributed by atoms with Crippen LogP contribution in [-0.2, 0) is 0 Å². The summed E-state index contributed by atoms with van der Waals surface area (Å²) in [6.45, 7) is 1.89. The van der Waals surface area contributed by atoms with Gasteiger partial charge in [0.15, 0.2) is 5.13 Å². The van der Waals surface area contributed by atoms with Gasteiger partial charge in [-0.15, -0.1) is 11.3 Å². The normalized spacial score (nSPS) is 10.6. The molecular formula is C24H19N3O4S. The van der Waals surface area contributed by atoms with Crippen molar-refractivity contribution >= 4 is 33.8 Å². The van der Waals surface area contributed by atoms with Gasteiger partial charge in [-0.3, -0.25) is 14.9 Å². The number of aromatic nitrogens is 1. The Morgan fingerprint density at radius 2 is 1.72 bits per heavy atom. The minimum Gasteiger partial charge on any atom is -0.495 e. The van der Waals surface area contributed by atoms with Crippen LogP contribution >= 0.6 is 11.3 Å². The number of nitrogens with zero attached hydrogens (tertiary/aromatic N) is 3. The van der Waals surface area contributed by atoms with E-state index in [1.54, 1.807) is 36.3 Å². The second-order valence-electron chi connectivity index (χ2n) is 6.95. The van der Waals surface area contributed by atoms with Crippen LogP contribution in [0.1, 0.15) is 15.9 Å². The fourth-order valence-electron chi connectivity index (χ4n) is 3.30. The lowest BCUT2D eigenvalue weighted by atomic mass is 10.1. The molecule has 0 saturated carbocycles. The molecule has 0 unspecified atom stereocenters. The van der Waals surface area contributed by atoms with E-state index in [1.807, 2.05) is 48.7 Å². The summed E-state index contributed by atoms with van der Waals surface area (Å²) in [5.41, 5.74) is 3.34. The summed E-state index contributed by atoms with van der Waals surface area (Å²) in [5.74, 6) is 0.318. The summed E-state index contributed by atoms with van der Waals surface area (Å²) < 4.78 is 5.51. The van der Waals surface area contributed by atoms with Crippen LogP contribution in [0.4, 0.5) is 16.5 Å². The van der Waals surface area contributed by atoms with Crippen LogP contribution in [0.5, 0.6) is 5.75 Å². The number of methoxy groups -OCH3 is 1. The van der Waals surface area contributed by atoms with Crippen molar-refractivity contribution in [3.8, 4) is 17.0 Å². The molecule has 0 bridgehead atoms. The number of anilines is 2. The van der Waals surface area contributed by atoms with Gasteiger partial charge in [-0.05, 0) is 42.8 Å². The molecule has 0 N–H and O–H groups in total. The maximum absolute atomic E-state index is 13.7. The minimum absolute atomic E-state index is 0.00887. The van der Waals surface area contributed by atoms with Gasteiger partial charge in [-0.2, -0.15) is 0 Å². The number of hydrogen-bond acceptors (Lipinski definition) is 6. The number of amides is 1. The van der Waals surface area contributed by atoms with E-state index in [0.29, 0.717) is 27.8 Å². The van der Waals surface area contributed by atoms with Gasteiger partial charge in [0.2, 0.25) is 0 Å². The van der Waals surface area contributed by atoms with Crippen molar-refractivity contribution in [1.29, 1.82) is 0 Å². The molecule has 4 aromatic rings. The number of hydrogen-bond donors (Lipinski definition) is 0. The topological polar surface area (TPSA) is 85.6 Å². The predicted molar refractivity (Wildman–Crippen MR) is 125 cm³/mol. The summed E-state index contributed by atoms with van der Waals surface area (Å²) in [6.07, 6.45) is 0. The number of para-hydroxylation sites is 2. The number of ether oxygens (including phenoxy) is 1. The number of rotatable bonds is 6. The second-order valence-corrected chi connectivity index (χ2v) is 7.78. The first-order valence-corrected chi connectivity index (χ1v) is 10.6. The summed E-state index contributed by atoms with van der Waals surface area (Å²) >= 11 is 1.31. The number of non-ortho nitro benzene ring substituents is 1. The van der Waals surface area contributed by atoms with Crippen LogP contribution in [0.2, 0.25) is 0 Å². The van der Waals surface area contributed by atoms with Crippen molar-refractivity contribution in [2.45, 2.75) is 6.92 Å².